The summed E-state index contributed by atoms with van der Waals surface area (Å²) in [5.74, 6) is 0. The van der Waals surface area contributed by atoms with Crippen LogP contribution in [0.25, 0.3) is 0 Å². The van der Waals surface area contributed by atoms with Crippen molar-refractivity contribution in [1.82, 2.24) is 10.2 Å². The number of nitrogens with zero attached hydrogens (tertiary/aromatic N) is 1. The van der Waals surface area contributed by atoms with Gasteiger partial charge in [0.15, 0.2) is 0 Å². The molecule has 0 saturated carbocycles. The van der Waals surface area contributed by atoms with Crippen molar-refractivity contribution >= 4 is 11.6 Å². The number of benzene rings is 1. The van der Waals surface area contributed by atoms with Gasteiger partial charge in [-0.25, -0.2) is 0 Å². The zero-order valence-corrected chi connectivity index (χ0v) is 11.2. The molecule has 0 bridgehead atoms. The molecule has 3 heteroatoms. The van der Waals surface area contributed by atoms with Crippen LogP contribution < -0.4 is 5.32 Å². The van der Waals surface area contributed by atoms with Crippen LogP contribution in [0.15, 0.2) is 24.3 Å². The highest BCUT2D eigenvalue weighted by Gasteiger charge is 2.21. The molecule has 1 heterocycles. The lowest BCUT2D eigenvalue weighted by molar-refractivity contribution is 0.320. The molecule has 94 valence electrons. The lowest BCUT2D eigenvalue weighted by Gasteiger charge is -2.16. The van der Waals surface area contributed by atoms with Gasteiger partial charge >= 0.3 is 0 Å². The van der Waals surface area contributed by atoms with Crippen LogP contribution in [0.3, 0.4) is 0 Å². The van der Waals surface area contributed by atoms with Gasteiger partial charge in [-0.2, -0.15) is 0 Å². The average molecular weight is 253 g/mol. The standard InChI is InChI=1S/C14H21ClN2/c1-2-8-16-14-7-9-17(11-14)10-12-3-5-13(15)6-4-12/h3-6,14,16H,2,7-11H2,1H3. The highest BCUT2D eigenvalue weighted by atomic mass is 35.5. The van der Waals surface area contributed by atoms with E-state index in [0.717, 1.165) is 18.1 Å². The molecule has 1 aliphatic rings. The Bertz CT molecular complexity index is 337. The summed E-state index contributed by atoms with van der Waals surface area (Å²) in [5, 5.41) is 4.41. The predicted octanol–water partition coefficient (Wildman–Crippen LogP) is 2.91. The number of rotatable bonds is 5. The lowest BCUT2D eigenvalue weighted by atomic mass is 10.2. The maximum atomic E-state index is 5.89. The van der Waals surface area contributed by atoms with Gasteiger partial charge in [0.25, 0.3) is 0 Å². The van der Waals surface area contributed by atoms with Crippen molar-refractivity contribution in [2.24, 2.45) is 0 Å². The Hall–Kier alpha value is -0.570. The first kappa shape index (κ1) is 12.9. The summed E-state index contributed by atoms with van der Waals surface area (Å²) in [6.07, 6.45) is 2.49. The van der Waals surface area contributed by atoms with E-state index in [4.69, 9.17) is 11.6 Å². The van der Waals surface area contributed by atoms with Gasteiger partial charge in [0.05, 0.1) is 0 Å². The van der Waals surface area contributed by atoms with Gasteiger partial charge in [-0.1, -0.05) is 30.7 Å². The van der Waals surface area contributed by atoms with Gasteiger partial charge in [-0.05, 0) is 37.1 Å². The summed E-state index contributed by atoms with van der Waals surface area (Å²) in [5.41, 5.74) is 1.35. The molecule has 17 heavy (non-hydrogen) atoms. The molecule has 1 N–H and O–H groups in total. The maximum absolute atomic E-state index is 5.89. The monoisotopic (exact) mass is 252 g/mol. The normalized spacial score (nSPS) is 20.9. The topological polar surface area (TPSA) is 15.3 Å². The van der Waals surface area contributed by atoms with Crippen molar-refractivity contribution in [3.05, 3.63) is 34.9 Å². The van der Waals surface area contributed by atoms with E-state index in [0.29, 0.717) is 6.04 Å². The highest BCUT2D eigenvalue weighted by Crippen LogP contribution is 2.15. The highest BCUT2D eigenvalue weighted by molar-refractivity contribution is 6.30. The quantitative estimate of drug-likeness (QED) is 0.867. The van der Waals surface area contributed by atoms with Gasteiger partial charge in [0.1, 0.15) is 0 Å². The molecule has 0 amide bonds. The maximum Gasteiger partial charge on any atom is 0.0406 e. The van der Waals surface area contributed by atoms with E-state index in [9.17, 15) is 0 Å². The fourth-order valence-electron chi connectivity index (χ4n) is 2.34. The van der Waals surface area contributed by atoms with E-state index in [1.165, 1.54) is 31.5 Å². The molecule has 0 aromatic heterocycles. The number of likely N-dealkylation sites (tertiary alicyclic amines) is 1. The first-order chi connectivity index (χ1) is 8.28. The van der Waals surface area contributed by atoms with Crippen LogP contribution in [0.2, 0.25) is 5.02 Å². The second-order valence-electron chi connectivity index (χ2n) is 4.80. The fourth-order valence-corrected chi connectivity index (χ4v) is 2.47. The Morgan fingerprint density at radius 1 is 1.35 bits per heavy atom. The van der Waals surface area contributed by atoms with Crippen LogP contribution in [0.5, 0.6) is 0 Å². The summed E-state index contributed by atoms with van der Waals surface area (Å²) in [7, 11) is 0. The minimum Gasteiger partial charge on any atom is -0.313 e. The molecule has 1 aromatic carbocycles. The molecule has 1 atom stereocenters. The molecule has 1 fully saturated rings. The zero-order valence-electron chi connectivity index (χ0n) is 10.5. The van der Waals surface area contributed by atoms with Crippen LogP contribution in [0.4, 0.5) is 0 Å². The van der Waals surface area contributed by atoms with Crippen LogP contribution in [0.1, 0.15) is 25.3 Å². The molecule has 0 aliphatic carbocycles. The Morgan fingerprint density at radius 3 is 2.82 bits per heavy atom. The molecular formula is C14H21ClN2. The minimum absolute atomic E-state index is 0.683. The molecule has 0 radical (unpaired) electrons. The van der Waals surface area contributed by atoms with Crippen molar-refractivity contribution < 1.29 is 0 Å². The molecular weight excluding hydrogens is 232 g/mol. The third-order valence-corrected chi connectivity index (χ3v) is 3.53. The summed E-state index contributed by atoms with van der Waals surface area (Å²) >= 11 is 5.89. The fraction of sp³-hybridized carbons (Fsp3) is 0.571. The molecule has 2 nitrogen and oxygen atoms in total. The Labute approximate surface area is 109 Å². The Kier molecular flexibility index (Phi) is 4.84. The number of hydrogen-bond acceptors (Lipinski definition) is 2. The second-order valence-corrected chi connectivity index (χ2v) is 5.24. The van der Waals surface area contributed by atoms with Crippen molar-refractivity contribution in [2.45, 2.75) is 32.4 Å². The summed E-state index contributed by atoms with van der Waals surface area (Å²) in [6.45, 7) is 6.76. The van der Waals surface area contributed by atoms with Gasteiger partial charge in [0, 0.05) is 30.7 Å². The Morgan fingerprint density at radius 2 is 2.12 bits per heavy atom. The van der Waals surface area contributed by atoms with E-state index in [2.05, 4.69) is 29.3 Å². The van der Waals surface area contributed by atoms with E-state index in [1.54, 1.807) is 0 Å². The van der Waals surface area contributed by atoms with Gasteiger partial charge in [-0.3, -0.25) is 4.90 Å². The molecule has 1 aliphatic heterocycles. The zero-order chi connectivity index (χ0) is 12.1. The second kappa shape index (κ2) is 6.39. The van der Waals surface area contributed by atoms with Crippen LogP contribution in [0, 0.1) is 0 Å². The number of hydrogen-bond donors (Lipinski definition) is 1. The van der Waals surface area contributed by atoms with Crippen LogP contribution in [-0.4, -0.2) is 30.6 Å². The van der Waals surface area contributed by atoms with E-state index < -0.39 is 0 Å². The molecule has 0 spiro atoms. The number of nitrogens with one attached hydrogen (secondary N) is 1. The van der Waals surface area contributed by atoms with Gasteiger partial charge in [-0.15, -0.1) is 0 Å². The third kappa shape index (κ3) is 3.98. The van der Waals surface area contributed by atoms with E-state index in [1.807, 2.05) is 12.1 Å². The van der Waals surface area contributed by atoms with Gasteiger partial charge < -0.3 is 5.32 Å². The summed E-state index contributed by atoms with van der Waals surface area (Å²) < 4.78 is 0. The SMILES string of the molecule is CCCNC1CCN(Cc2ccc(Cl)cc2)C1. The van der Waals surface area contributed by atoms with Crippen molar-refractivity contribution in [1.29, 1.82) is 0 Å². The molecule has 1 unspecified atom stereocenters. The summed E-state index contributed by atoms with van der Waals surface area (Å²) in [4.78, 5) is 2.51. The largest absolute Gasteiger partial charge is 0.313 e. The average Bonchev–Trinajstić information content (AvgIpc) is 2.77. The number of halogens is 1. The molecule has 2 rings (SSSR count). The van der Waals surface area contributed by atoms with E-state index >= 15 is 0 Å². The van der Waals surface area contributed by atoms with Gasteiger partial charge in [0.2, 0.25) is 0 Å². The van der Waals surface area contributed by atoms with Crippen molar-refractivity contribution in [3.8, 4) is 0 Å². The van der Waals surface area contributed by atoms with Crippen LogP contribution >= 0.6 is 11.6 Å². The smallest absolute Gasteiger partial charge is 0.0406 e. The molecule has 1 saturated heterocycles. The summed E-state index contributed by atoms with van der Waals surface area (Å²) in [6, 6.07) is 8.87. The first-order valence-electron chi connectivity index (χ1n) is 6.48. The van der Waals surface area contributed by atoms with E-state index in [-0.39, 0.29) is 0 Å². The van der Waals surface area contributed by atoms with Crippen LogP contribution in [-0.2, 0) is 6.54 Å². The Balaban J connectivity index is 1.79. The molecule has 1 aromatic rings. The first-order valence-corrected chi connectivity index (χ1v) is 6.86. The lowest BCUT2D eigenvalue weighted by Crippen LogP contribution is -2.32. The third-order valence-electron chi connectivity index (χ3n) is 3.27. The van der Waals surface area contributed by atoms with Crippen molar-refractivity contribution in [3.63, 3.8) is 0 Å². The van der Waals surface area contributed by atoms with Crippen molar-refractivity contribution in [2.75, 3.05) is 19.6 Å². The predicted molar refractivity (Wildman–Crippen MR) is 73.4 cm³/mol. The minimum atomic E-state index is 0.683.